The van der Waals surface area contributed by atoms with Crippen molar-refractivity contribution in [2.45, 2.75) is 101 Å². The largest absolute Gasteiger partial charge is 0.456 e. The van der Waals surface area contributed by atoms with Gasteiger partial charge in [0.25, 0.3) is 5.91 Å². The lowest BCUT2D eigenvalue weighted by Crippen LogP contribution is -2.81. The van der Waals surface area contributed by atoms with E-state index in [1.165, 1.54) is 26.0 Å². The number of carbonyl (C=O) groups excluding carboxylic acids is 5. The average Bonchev–Trinajstić information content (AvgIpc) is 3.21. The molecule has 2 saturated carbocycles. The summed E-state index contributed by atoms with van der Waals surface area (Å²) in [5, 5.41) is 52.2. The minimum absolute atomic E-state index is 0.0161. The number of aliphatic hydroxyl groups is 4. The number of ether oxygens (including phenoxy) is 4. The second kappa shape index (κ2) is 15.4. The van der Waals surface area contributed by atoms with Gasteiger partial charge in [0.1, 0.15) is 23.4 Å². The Morgan fingerprint density at radius 3 is 1.98 bits per heavy atom. The standard InChI is InChI=1S/C45H49NO13/c1-24-29(58-41(53)34(49)33(26-15-9-6-10-16-26)46-39(51)27-17-11-7-12-18-27)22-45(55)38(59-40(52)28-19-13-8-14-20-28)36-43(5,30(48)21-31-44(36,54)23-56-31)37(50)35(57-25(2)47)32(24)42(45,3)4/h6-20,29-31,33-36,38,48-49,54-55H,21-23H2,1-5H3,(H,46,51)/t29-,30-,31+,33-,34+,35+,36-,38-,43+,44-,45?/m0/s1. The summed E-state index contributed by atoms with van der Waals surface area (Å²) in [6.07, 6.45) is -10.3. The molecule has 11 atom stereocenters. The highest BCUT2D eigenvalue weighted by Crippen LogP contribution is 2.63. The monoisotopic (exact) mass is 811 g/mol. The third kappa shape index (κ3) is 6.86. The fraction of sp³-hybridized carbons (Fsp3) is 0.444. The lowest BCUT2D eigenvalue weighted by Gasteiger charge is -2.66. The van der Waals surface area contributed by atoms with Crippen molar-refractivity contribution in [1.29, 1.82) is 0 Å². The molecule has 59 heavy (non-hydrogen) atoms. The number of nitrogens with one attached hydrogen (secondary N) is 1. The fourth-order valence-corrected chi connectivity index (χ4v) is 9.78. The molecule has 1 saturated heterocycles. The van der Waals surface area contributed by atoms with Crippen molar-refractivity contribution in [2.75, 3.05) is 6.61 Å². The van der Waals surface area contributed by atoms with Crippen LogP contribution in [0.3, 0.4) is 0 Å². The highest BCUT2D eigenvalue weighted by atomic mass is 16.6. The van der Waals surface area contributed by atoms with Crippen LogP contribution in [0.1, 0.15) is 79.8 Å². The normalized spacial score (nSPS) is 33.0. The smallest absolute Gasteiger partial charge is 0.338 e. The fourth-order valence-electron chi connectivity index (χ4n) is 9.78. The number of hydrogen-bond donors (Lipinski definition) is 5. The number of benzene rings is 3. The minimum Gasteiger partial charge on any atom is -0.456 e. The van der Waals surface area contributed by atoms with Gasteiger partial charge in [-0.25, -0.2) is 9.59 Å². The van der Waals surface area contributed by atoms with E-state index in [-0.39, 0.29) is 35.3 Å². The number of carbonyl (C=O) groups is 5. The van der Waals surface area contributed by atoms with Gasteiger partial charge >= 0.3 is 17.9 Å². The number of ketones is 1. The second-order valence-corrected chi connectivity index (χ2v) is 16.8. The maximum atomic E-state index is 15.2. The van der Waals surface area contributed by atoms with Crippen LogP contribution >= 0.6 is 0 Å². The SMILES string of the molecule is CC(=O)O[C@H]1C(=O)[C@@]2(C)[C@H]([C@H](OC(=O)c3ccccc3)C3(O)C[C@H](OC(=O)[C@H](O)[C@@H](NC(=O)c4ccccc4)c4ccccc4)C(C)=C1C3(C)C)[C@]1(O)CO[C@@H]1C[C@@H]2O. The summed E-state index contributed by atoms with van der Waals surface area (Å²) in [7, 11) is 0. The van der Waals surface area contributed by atoms with Crippen LogP contribution in [-0.2, 0) is 33.3 Å². The average molecular weight is 812 g/mol. The zero-order chi connectivity index (χ0) is 42.7. The van der Waals surface area contributed by atoms with E-state index in [0.717, 1.165) is 6.92 Å². The summed E-state index contributed by atoms with van der Waals surface area (Å²) in [5.74, 6) is -5.98. The lowest BCUT2D eigenvalue weighted by molar-refractivity contribution is -0.343. The molecular formula is C45H49NO13. The molecule has 14 heteroatoms. The van der Waals surface area contributed by atoms with Crippen LogP contribution in [0, 0.1) is 16.7 Å². The molecule has 1 unspecified atom stereocenters. The van der Waals surface area contributed by atoms with Crippen LogP contribution in [0.5, 0.6) is 0 Å². The van der Waals surface area contributed by atoms with Gasteiger partial charge in [-0.1, -0.05) is 80.6 Å². The van der Waals surface area contributed by atoms with Gasteiger partial charge in [0.05, 0.1) is 35.8 Å². The van der Waals surface area contributed by atoms with Crippen LogP contribution in [0.2, 0.25) is 0 Å². The molecule has 0 aromatic heterocycles. The zero-order valence-corrected chi connectivity index (χ0v) is 33.4. The van der Waals surface area contributed by atoms with Crippen molar-refractivity contribution in [3.63, 3.8) is 0 Å². The number of Topliss-reactive ketones (excluding diaryl/α,β-unsaturated/α-hetero) is 1. The van der Waals surface area contributed by atoms with Crippen molar-refractivity contribution in [3.8, 4) is 0 Å². The predicted molar refractivity (Wildman–Crippen MR) is 208 cm³/mol. The van der Waals surface area contributed by atoms with Crippen molar-refractivity contribution >= 4 is 29.6 Å². The summed E-state index contributed by atoms with van der Waals surface area (Å²) < 4.78 is 23.8. The van der Waals surface area contributed by atoms with Crippen molar-refractivity contribution in [3.05, 3.63) is 119 Å². The Labute approximate surface area is 341 Å². The number of esters is 3. The first-order valence-electron chi connectivity index (χ1n) is 19.6. The third-order valence-corrected chi connectivity index (χ3v) is 13.2. The molecule has 2 bridgehead atoms. The Morgan fingerprint density at radius 1 is 0.847 bits per heavy atom. The molecule has 1 aliphatic heterocycles. The van der Waals surface area contributed by atoms with E-state index in [9.17, 15) is 39.6 Å². The van der Waals surface area contributed by atoms with Crippen molar-refractivity contribution in [1.82, 2.24) is 5.32 Å². The molecule has 4 aliphatic rings. The Hall–Kier alpha value is -5.25. The number of amides is 1. The van der Waals surface area contributed by atoms with Gasteiger partial charge < -0.3 is 44.7 Å². The van der Waals surface area contributed by atoms with E-state index < -0.39 is 107 Å². The van der Waals surface area contributed by atoms with Crippen LogP contribution in [0.25, 0.3) is 0 Å². The summed E-state index contributed by atoms with van der Waals surface area (Å²) in [5.41, 5.74) is -6.99. The van der Waals surface area contributed by atoms with E-state index in [2.05, 4.69) is 5.32 Å². The summed E-state index contributed by atoms with van der Waals surface area (Å²) in [4.78, 5) is 69.7. The van der Waals surface area contributed by atoms with E-state index in [4.69, 9.17) is 18.9 Å². The Kier molecular flexibility index (Phi) is 10.9. The van der Waals surface area contributed by atoms with E-state index in [1.807, 2.05) is 0 Å². The molecule has 0 radical (unpaired) electrons. The van der Waals surface area contributed by atoms with Gasteiger partial charge in [-0.15, -0.1) is 0 Å². The molecule has 7 rings (SSSR count). The Bertz CT molecular complexity index is 2160. The molecule has 5 N–H and O–H groups in total. The molecule has 312 valence electrons. The molecular weight excluding hydrogens is 762 g/mol. The minimum atomic E-state index is -2.35. The molecule has 1 amide bonds. The third-order valence-electron chi connectivity index (χ3n) is 13.2. The molecule has 3 aliphatic carbocycles. The molecule has 0 spiro atoms. The van der Waals surface area contributed by atoms with E-state index >= 15 is 4.79 Å². The molecule has 1 heterocycles. The van der Waals surface area contributed by atoms with Gasteiger partial charge in [0, 0.05) is 36.7 Å². The number of fused-ring (bicyclic) bond motifs is 5. The Morgan fingerprint density at radius 2 is 1.42 bits per heavy atom. The quantitative estimate of drug-likeness (QED) is 0.120. The topological polar surface area (TPSA) is 215 Å². The first kappa shape index (κ1) is 41.9. The molecule has 3 aromatic carbocycles. The van der Waals surface area contributed by atoms with Crippen molar-refractivity contribution in [2.24, 2.45) is 16.7 Å². The zero-order valence-electron chi connectivity index (χ0n) is 33.4. The second-order valence-electron chi connectivity index (χ2n) is 16.8. The molecule has 14 nitrogen and oxygen atoms in total. The lowest BCUT2D eigenvalue weighted by atomic mass is 9.44. The van der Waals surface area contributed by atoms with Gasteiger partial charge in [0.15, 0.2) is 18.0 Å². The maximum Gasteiger partial charge on any atom is 0.338 e. The van der Waals surface area contributed by atoms with Gasteiger partial charge in [-0.2, -0.15) is 0 Å². The summed E-state index contributed by atoms with van der Waals surface area (Å²) in [6.45, 7) is 6.81. The first-order valence-corrected chi connectivity index (χ1v) is 19.6. The van der Waals surface area contributed by atoms with Crippen LogP contribution in [0.15, 0.2) is 102 Å². The van der Waals surface area contributed by atoms with Crippen LogP contribution in [0.4, 0.5) is 0 Å². The van der Waals surface area contributed by atoms with Crippen LogP contribution < -0.4 is 5.32 Å². The predicted octanol–water partition coefficient (Wildman–Crippen LogP) is 3.16. The van der Waals surface area contributed by atoms with Gasteiger partial charge in [-0.3, -0.25) is 14.4 Å². The number of aliphatic hydroxyl groups excluding tert-OH is 2. The first-order chi connectivity index (χ1) is 27.9. The van der Waals surface area contributed by atoms with E-state index in [1.54, 1.807) is 92.7 Å². The summed E-state index contributed by atoms with van der Waals surface area (Å²) in [6, 6.07) is 23.0. The summed E-state index contributed by atoms with van der Waals surface area (Å²) >= 11 is 0. The van der Waals surface area contributed by atoms with Gasteiger partial charge in [-0.05, 0) is 54.8 Å². The molecule has 3 fully saturated rings. The van der Waals surface area contributed by atoms with Gasteiger partial charge in [0.2, 0.25) is 0 Å². The number of hydrogen-bond acceptors (Lipinski definition) is 13. The highest BCUT2D eigenvalue weighted by Gasteiger charge is 2.76. The maximum absolute atomic E-state index is 15.2. The molecule has 3 aromatic rings. The van der Waals surface area contributed by atoms with Crippen molar-refractivity contribution < 1.29 is 63.3 Å². The Balaban J connectivity index is 1.36. The highest BCUT2D eigenvalue weighted by molar-refractivity contribution is 5.96. The van der Waals surface area contributed by atoms with Crippen LogP contribution in [-0.4, -0.2) is 104 Å². The van der Waals surface area contributed by atoms with E-state index in [0.29, 0.717) is 5.56 Å². The number of rotatable bonds is 9.